The molecule has 0 aromatic rings. The summed E-state index contributed by atoms with van der Waals surface area (Å²) in [6.07, 6.45) is 2.88. The second kappa shape index (κ2) is 7.20. The van der Waals surface area contributed by atoms with Crippen molar-refractivity contribution in [3.8, 4) is 0 Å². The van der Waals surface area contributed by atoms with Gasteiger partial charge >= 0.3 is 0 Å². The number of aliphatic hydroxyl groups is 1. The summed E-state index contributed by atoms with van der Waals surface area (Å²) in [4.78, 5) is 0. The molecule has 0 radical (unpaired) electrons. The quantitative estimate of drug-likeness (QED) is 0.653. The van der Waals surface area contributed by atoms with Gasteiger partial charge in [-0.05, 0) is 47.0 Å². The third-order valence-electron chi connectivity index (χ3n) is 2.71. The van der Waals surface area contributed by atoms with Crippen molar-refractivity contribution >= 4 is 0 Å². The maximum absolute atomic E-state index is 8.73. The standard InChI is InChI=1S/C12H27NO2/c1-10(7-6-8-14)13-11(2)9-12(3,4)15-5/h10-11,13-14H,6-9H2,1-5H3/t10-,11+/m1/s1. The van der Waals surface area contributed by atoms with Crippen LogP contribution in [0.1, 0.15) is 47.0 Å². The summed E-state index contributed by atoms with van der Waals surface area (Å²) in [6, 6.07) is 0.897. The van der Waals surface area contributed by atoms with Gasteiger partial charge in [-0.1, -0.05) is 0 Å². The number of methoxy groups -OCH3 is 1. The van der Waals surface area contributed by atoms with Crippen LogP contribution in [0.5, 0.6) is 0 Å². The van der Waals surface area contributed by atoms with E-state index in [4.69, 9.17) is 9.84 Å². The van der Waals surface area contributed by atoms with Crippen LogP contribution in [0.25, 0.3) is 0 Å². The van der Waals surface area contributed by atoms with Gasteiger partial charge in [0.05, 0.1) is 5.60 Å². The van der Waals surface area contributed by atoms with E-state index in [1.54, 1.807) is 7.11 Å². The molecule has 92 valence electrons. The van der Waals surface area contributed by atoms with Gasteiger partial charge in [0.1, 0.15) is 0 Å². The molecule has 0 bridgehead atoms. The zero-order valence-corrected chi connectivity index (χ0v) is 10.8. The van der Waals surface area contributed by atoms with Crippen molar-refractivity contribution in [2.75, 3.05) is 13.7 Å². The maximum Gasteiger partial charge on any atom is 0.0637 e. The Morgan fingerprint density at radius 3 is 2.33 bits per heavy atom. The van der Waals surface area contributed by atoms with Crippen LogP contribution < -0.4 is 5.32 Å². The van der Waals surface area contributed by atoms with Crippen LogP contribution in [-0.4, -0.2) is 36.5 Å². The Hall–Kier alpha value is -0.120. The largest absolute Gasteiger partial charge is 0.396 e. The maximum atomic E-state index is 8.73. The van der Waals surface area contributed by atoms with Crippen molar-refractivity contribution in [2.45, 2.75) is 64.6 Å². The molecule has 0 spiro atoms. The van der Waals surface area contributed by atoms with Gasteiger partial charge in [-0.15, -0.1) is 0 Å². The lowest BCUT2D eigenvalue weighted by Gasteiger charge is -2.29. The van der Waals surface area contributed by atoms with Crippen LogP contribution in [0.2, 0.25) is 0 Å². The van der Waals surface area contributed by atoms with Gasteiger partial charge in [-0.3, -0.25) is 0 Å². The lowest BCUT2D eigenvalue weighted by Crippen LogP contribution is -2.40. The second-order valence-electron chi connectivity index (χ2n) is 5.00. The minimum Gasteiger partial charge on any atom is -0.396 e. The summed E-state index contributed by atoms with van der Waals surface area (Å²) in [5.74, 6) is 0. The number of rotatable bonds is 8. The minimum absolute atomic E-state index is 0.0664. The molecular formula is C12H27NO2. The molecule has 0 saturated heterocycles. The number of hydrogen-bond acceptors (Lipinski definition) is 3. The summed E-state index contributed by atoms with van der Waals surface area (Å²) >= 11 is 0. The molecule has 0 rings (SSSR count). The SMILES string of the molecule is COC(C)(C)C[C@H](C)N[C@H](C)CCCO. The highest BCUT2D eigenvalue weighted by atomic mass is 16.5. The van der Waals surface area contributed by atoms with E-state index in [-0.39, 0.29) is 12.2 Å². The molecule has 0 heterocycles. The Morgan fingerprint density at radius 1 is 1.27 bits per heavy atom. The van der Waals surface area contributed by atoms with Crippen LogP contribution in [0, 0.1) is 0 Å². The number of hydrogen-bond donors (Lipinski definition) is 2. The van der Waals surface area contributed by atoms with E-state index in [9.17, 15) is 0 Å². The number of ether oxygens (including phenoxy) is 1. The van der Waals surface area contributed by atoms with E-state index in [0.717, 1.165) is 19.3 Å². The van der Waals surface area contributed by atoms with E-state index in [2.05, 4.69) is 33.0 Å². The Bertz CT molecular complexity index is 160. The number of aliphatic hydroxyl groups excluding tert-OH is 1. The lowest BCUT2D eigenvalue weighted by atomic mass is 9.99. The average molecular weight is 217 g/mol. The summed E-state index contributed by atoms with van der Waals surface area (Å²) in [5.41, 5.74) is -0.0664. The Morgan fingerprint density at radius 2 is 1.87 bits per heavy atom. The summed E-state index contributed by atoms with van der Waals surface area (Å²) in [5, 5.41) is 12.2. The predicted molar refractivity (Wildman–Crippen MR) is 64.1 cm³/mol. The molecule has 0 aliphatic rings. The predicted octanol–water partition coefficient (Wildman–Crippen LogP) is 1.94. The molecule has 0 aliphatic heterocycles. The topological polar surface area (TPSA) is 41.5 Å². The molecule has 0 aromatic heterocycles. The smallest absolute Gasteiger partial charge is 0.0637 e. The molecule has 0 saturated carbocycles. The van der Waals surface area contributed by atoms with Gasteiger partial charge in [0.25, 0.3) is 0 Å². The van der Waals surface area contributed by atoms with Crippen LogP contribution in [0.15, 0.2) is 0 Å². The fourth-order valence-corrected chi connectivity index (χ4v) is 1.85. The monoisotopic (exact) mass is 217 g/mol. The molecule has 3 heteroatoms. The molecule has 0 fully saturated rings. The van der Waals surface area contributed by atoms with E-state index in [1.165, 1.54) is 0 Å². The third kappa shape index (κ3) is 7.77. The molecule has 15 heavy (non-hydrogen) atoms. The number of nitrogens with one attached hydrogen (secondary N) is 1. The second-order valence-corrected chi connectivity index (χ2v) is 5.00. The van der Waals surface area contributed by atoms with Crippen LogP contribution >= 0.6 is 0 Å². The molecule has 0 amide bonds. The normalized spacial score (nSPS) is 16.4. The zero-order valence-electron chi connectivity index (χ0n) is 10.8. The van der Waals surface area contributed by atoms with Gasteiger partial charge in [0, 0.05) is 25.8 Å². The van der Waals surface area contributed by atoms with Crippen molar-refractivity contribution < 1.29 is 9.84 Å². The molecule has 3 nitrogen and oxygen atoms in total. The molecule has 0 aromatic carbocycles. The summed E-state index contributed by atoms with van der Waals surface area (Å²) < 4.78 is 5.39. The lowest BCUT2D eigenvalue weighted by molar-refractivity contribution is 0.00772. The Balaban J connectivity index is 3.77. The summed E-state index contributed by atoms with van der Waals surface area (Å²) in [6.45, 7) is 8.82. The van der Waals surface area contributed by atoms with Gasteiger partial charge in [-0.2, -0.15) is 0 Å². The first kappa shape index (κ1) is 14.9. The average Bonchev–Trinajstić information content (AvgIpc) is 2.13. The van der Waals surface area contributed by atoms with E-state index in [0.29, 0.717) is 12.1 Å². The third-order valence-corrected chi connectivity index (χ3v) is 2.71. The van der Waals surface area contributed by atoms with Gasteiger partial charge in [0.15, 0.2) is 0 Å². The molecule has 0 aliphatic carbocycles. The first-order valence-electron chi connectivity index (χ1n) is 5.83. The molecule has 2 N–H and O–H groups in total. The van der Waals surface area contributed by atoms with Crippen molar-refractivity contribution in [1.29, 1.82) is 0 Å². The molecule has 0 unspecified atom stereocenters. The Kier molecular flexibility index (Phi) is 7.14. The first-order chi connectivity index (χ1) is 6.91. The van der Waals surface area contributed by atoms with Crippen molar-refractivity contribution in [3.05, 3.63) is 0 Å². The van der Waals surface area contributed by atoms with E-state index >= 15 is 0 Å². The fourth-order valence-electron chi connectivity index (χ4n) is 1.85. The molecule has 2 atom stereocenters. The zero-order chi connectivity index (χ0) is 11.9. The highest BCUT2D eigenvalue weighted by Gasteiger charge is 2.20. The van der Waals surface area contributed by atoms with E-state index in [1.807, 2.05) is 0 Å². The van der Waals surface area contributed by atoms with Crippen molar-refractivity contribution in [2.24, 2.45) is 0 Å². The van der Waals surface area contributed by atoms with Crippen LogP contribution in [0.4, 0.5) is 0 Å². The van der Waals surface area contributed by atoms with Gasteiger partial charge < -0.3 is 15.2 Å². The van der Waals surface area contributed by atoms with Crippen molar-refractivity contribution in [1.82, 2.24) is 5.32 Å². The van der Waals surface area contributed by atoms with E-state index < -0.39 is 0 Å². The first-order valence-corrected chi connectivity index (χ1v) is 5.83. The fraction of sp³-hybridized carbons (Fsp3) is 1.00. The minimum atomic E-state index is -0.0664. The van der Waals surface area contributed by atoms with Gasteiger partial charge in [0.2, 0.25) is 0 Å². The molecular weight excluding hydrogens is 190 g/mol. The summed E-state index contributed by atoms with van der Waals surface area (Å²) in [7, 11) is 1.75. The van der Waals surface area contributed by atoms with Crippen LogP contribution in [0.3, 0.4) is 0 Å². The Labute approximate surface area is 94.2 Å². The van der Waals surface area contributed by atoms with Crippen LogP contribution in [-0.2, 0) is 4.74 Å². The highest BCUT2D eigenvalue weighted by Crippen LogP contribution is 2.15. The van der Waals surface area contributed by atoms with Crippen molar-refractivity contribution in [3.63, 3.8) is 0 Å². The highest BCUT2D eigenvalue weighted by molar-refractivity contribution is 4.77. The van der Waals surface area contributed by atoms with Gasteiger partial charge in [-0.25, -0.2) is 0 Å².